The van der Waals surface area contributed by atoms with Crippen LogP contribution in [0, 0.1) is 11.7 Å². The zero-order valence-electron chi connectivity index (χ0n) is 19.3. The molecule has 10 heteroatoms. The van der Waals surface area contributed by atoms with Crippen LogP contribution in [-0.2, 0) is 21.2 Å². The maximum Gasteiger partial charge on any atom is 0.264 e. The first-order valence-electron chi connectivity index (χ1n) is 10.7. The Labute approximate surface area is 203 Å². The van der Waals surface area contributed by atoms with Crippen LogP contribution in [-0.4, -0.2) is 40.9 Å². The lowest BCUT2D eigenvalue weighted by Gasteiger charge is -2.21. The Kier molecular flexibility index (Phi) is 8.08. The lowest BCUT2D eigenvalue weighted by atomic mass is 9.98. The molecule has 0 aliphatic rings. The summed E-state index contributed by atoms with van der Waals surface area (Å²) in [6, 6.07) is 17.8. The van der Waals surface area contributed by atoms with E-state index in [4.69, 9.17) is 10.5 Å². The van der Waals surface area contributed by atoms with Crippen molar-refractivity contribution < 1.29 is 27.1 Å². The Hall–Kier alpha value is -3.92. The molecule has 0 bridgehead atoms. The van der Waals surface area contributed by atoms with E-state index in [-0.39, 0.29) is 23.4 Å². The highest BCUT2D eigenvalue weighted by Gasteiger charge is 2.24. The predicted octanol–water partition coefficient (Wildman–Crippen LogP) is 2.73. The monoisotopic (exact) mass is 499 g/mol. The van der Waals surface area contributed by atoms with Gasteiger partial charge in [-0.2, -0.15) is 0 Å². The zero-order valence-corrected chi connectivity index (χ0v) is 20.1. The molecule has 0 saturated heterocycles. The number of nitrogens with zero attached hydrogens (tertiary/aromatic N) is 1. The molecule has 2 amide bonds. The highest BCUT2D eigenvalue weighted by molar-refractivity contribution is 7.92. The van der Waals surface area contributed by atoms with Gasteiger partial charge in [-0.3, -0.25) is 13.9 Å². The molecule has 0 saturated carbocycles. The van der Waals surface area contributed by atoms with Crippen LogP contribution in [0.5, 0.6) is 5.75 Å². The third kappa shape index (κ3) is 6.15. The Morgan fingerprint density at radius 1 is 1.03 bits per heavy atom. The van der Waals surface area contributed by atoms with Crippen molar-refractivity contribution in [3.05, 3.63) is 89.7 Å². The number of sulfonamides is 1. The van der Waals surface area contributed by atoms with Gasteiger partial charge in [0, 0.05) is 19.2 Å². The number of hydrogen-bond donors (Lipinski definition) is 2. The third-order valence-corrected chi connectivity index (χ3v) is 7.29. The summed E-state index contributed by atoms with van der Waals surface area (Å²) in [4.78, 5) is 24.4. The van der Waals surface area contributed by atoms with Crippen molar-refractivity contribution in [1.82, 2.24) is 5.32 Å². The van der Waals surface area contributed by atoms with E-state index in [1.807, 2.05) is 0 Å². The summed E-state index contributed by atoms with van der Waals surface area (Å²) in [5, 5.41) is 2.64. The van der Waals surface area contributed by atoms with Crippen LogP contribution in [0.3, 0.4) is 0 Å². The van der Waals surface area contributed by atoms with Crippen molar-refractivity contribution in [2.45, 2.75) is 11.3 Å². The molecule has 0 aliphatic heterocycles. The number of hydrogen-bond acceptors (Lipinski definition) is 5. The Morgan fingerprint density at radius 3 is 2.26 bits per heavy atom. The lowest BCUT2D eigenvalue weighted by Crippen LogP contribution is -2.37. The standard InChI is InChI=1S/C25H26FN3O5S/c1-29(22-5-3-4-6-23(22)34-2)35(32,33)21-13-9-18(10-14-21)25(31)28-16-19(24(27)30)15-17-7-11-20(26)12-8-17/h3-14,19H,15-16H2,1-2H3,(H2,27,30)(H,28,31). The van der Waals surface area contributed by atoms with Gasteiger partial charge in [-0.25, -0.2) is 12.8 Å². The van der Waals surface area contributed by atoms with Gasteiger partial charge in [0.1, 0.15) is 11.6 Å². The number of amides is 2. The summed E-state index contributed by atoms with van der Waals surface area (Å²) in [5.41, 5.74) is 6.75. The Balaban J connectivity index is 1.68. The van der Waals surface area contributed by atoms with Crippen LogP contribution in [0.15, 0.2) is 77.7 Å². The van der Waals surface area contributed by atoms with Crippen LogP contribution in [0.2, 0.25) is 0 Å². The van der Waals surface area contributed by atoms with Crippen molar-refractivity contribution in [3.8, 4) is 5.75 Å². The molecule has 0 aromatic heterocycles. The van der Waals surface area contributed by atoms with Gasteiger partial charge < -0.3 is 15.8 Å². The molecular formula is C25H26FN3O5S. The minimum atomic E-state index is -3.91. The van der Waals surface area contributed by atoms with Gasteiger partial charge in [0.15, 0.2) is 0 Å². The zero-order chi connectivity index (χ0) is 25.6. The lowest BCUT2D eigenvalue weighted by molar-refractivity contribution is -0.121. The fourth-order valence-corrected chi connectivity index (χ4v) is 4.66. The topological polar surface area (TPSA) is 119 Å². The van der Waals surface area contributed by atoms with Crippen LogP contribution < -0.4 is 20.1 Å². The number of nitrogens with two attached hydrogens (primary N) is 1. The summed E-state index contributed by atoms with van der Waals surface area (Å²) in [5.74, 6) is -1.78. The molecule has 3 N–H and O–H groups in total. The second kappa shape index (κ2) is 11.0. The number of ether oxygens (including phenoxy) is 1. The molecule has 0 heterocycles. The predicted molar refractivity (Wildman–Crippen MR) is 130 cm³/mol. The molecular weight excluding hydrogens is 473 g/mol. The minimum absolute atomic E-state index is 0.00576. The normalized spacial score (nSPS) is 12.0. The number of halogens is 1. The number of carbonyl (C=O) groups is 2. The highest BCUT2D eigenvalue weighted by atomic mass is 32.2. The maximum absolute atomic E-state index is 13.1. The van der Waals surface area contributed by atoms with Gasteiger partial charge in [0.25, 0.3) is 15.9 Å². The number of methoxy groups -OCH3 is 1. The molecule has 35 heavy (non-hydrogen) atoms. The van der Waals surface area contributed by atoms with Crippen molar-refractivity contribution in [2.75, 3.05) is 25.0 Å². The van der Waals surface area contributed by atoms with Crippen LogP contribution in [0.25, 0.3) is 0 Å². The van der Waals surface area contributed by atoms with E-state index >= 15 is 0 Å². The number of anilines is 1. The second-order valence-corrected chi connectivity index (χ2v) is 9.78. The number of primary amides is 1. The summed E-state index contributed by atoms with van der Waals surface area (Å²) in [6.07, 6.45) is 0.238. The van der Waals surface area contributed by atoms with Crippen molar-refractivity contribution >= 4 is 27.5 Å². The molecule has 3 aromatic rings. The molecule has 0 radical (unpaired) electrons. The number of nitrogens with one attached hydrogen (secondary N) is 1. The van der Waals surface area contributed by atoms with Gasteiger partial charge in [-0.15, -0.1) is 0 Å². The van der Waals surface area contributed by atoms with Crippen LogP contribution in [0.4, 0.5) is 10.1 Å². The van der Waals surface area contributed by atoms with Gasteiger partial charge in [0.05, 0.1) is 23.6 Å². The Bertz CT molecular complexity index is 1300. The van der Waals surface area contributed by atoms with E-state index in [0.717, 1.165) is 4.31 Å². The first kappa shape index (κ1) is 25.7. The van der Waals surface area contributed by atoms with Crippen molar-refractivity contribution in [2.24, 2.45) is 11.7 Å². The molecule has 1 unspecified atom stereocenters. The van der Waals surface area contributed by atoms with Crippen molar-refractivity contribution in [1.29, 1.82) is 0 Å². The molecule has 3 aromatic carbocycles. The van der Waals surface area contributed by atoms with E-state index in [0.29, 0.717) is 17.0 Å². The van der Waals surface area contributed by atoms with Crippen LogP contribution in [0.1, 0.15) is 15.9 Å². The molecule has 8 nitrogen and oxygen atoms in total. The number of carbonyl (C=O) groups excluding carboxylic acids is 2. The number of benzene rings is 3. The minimum Gasteiger partial charge on any atom is -0.495 e. The van der Waals surface area contributed by atoms with E-state index in [2.05, 4.69) is 5.32 Å². The van der Waals surface area contributed by atoms with E-state index in [1.54, 1.807) is 36.4 Å². The van der Waals surface area contributed by atoms with Gasteiger partial charge in [-0.1, -0.05) is 24.3 Å². The molecule has 184 valence electrons. The second-order valence-electron chi connectivity index (χ2n) is 7.81. The summed E-state index contributed by atoms with van der Waals surface area (Å²) < 4.78 is 45.6. The summed E-state index contributed by atoms with van der Waals surface area (Å²) in [7, 11) is -1.04. The molecule has 1 atom stereocenters. The van der Waals surface area contributed by atoms with E-state index in [1.165, 1.54) is 50.6 Å². The summed E-state index contributed by atoms with van der Waals surface area (Å²) >= 11 is 0. The van der Waals surface area contributed by atoms with Gasteiger partial charge in [-0.05, 0) is 60.5 Å². The third-order valence-electron chi connectivity index (χ3n) is 5.51. The first-order valence-corrected chi connectivity index (χ1v) is 12.1. The van der Waals surface area contributed by atoms with E-state index < -0.39 is 33.6 Å². The number of para-hydroxylation sites is 2. The van der Waals surface area contributed by atoms with Gasteiger partial charge >= 0.3 is 0 Å². The smallest absolute Gasteiger partial charge is 0.264 e. The highest BCUT2D eigenvalue weighted by Crippen LogP contribution is 2.30. The largest absolute Gasteiger partial charge is 0.495 e. The molecule has 0 fully saturated rings. The maximum atomic E-state index is 13.1. The van der Waals surface area contributed by atoms with Crippen LogP contribution >= 0.6 is 0 Å². The van der Waals surface area contributed by atoms with Crippen molar-refractivity contribution in [3.63, 3.8) is 0 Å². The average molecular weight is 500 g/mol. The molecule has 0 spiro atoms. The molecule has 3 rings (SSSR count). The summed E-state index contributed by atoms with van der Waals surface area (Å²) in [6.45, 7) is -0.0257. The quantitative estimate of drug-likeness (QED) is 0.445. The molecule has 0 aliphatic carbocycles. The SMILES string of the molecule is COc1ccccc1N(C)S(=O)(=O)c1ccc(C(=O)NCC(Cc2ccc(F)cc2)C(N)=O)cc1. The van der Waals surface area contributed by atoms with Gasteiger partial charge in [0.2, 0.25) is 5.91 Å². The first-order chi connectivity index (χ1) is 16.6. The average Bonchev–Trinajstić information content (AvgIpc) is 2.86. The van der Waals surface area contributed by atoms with E-state index in [9.17, 15) is 22.4 Å². The Morgan fingerprint density at radius 2 is 1.66 bits per heavy atom. The fourth-order valence-electron chi connectivity index (χ4n) is 3.45. The number of rotatable bonds is 10. The fraction of sp³-hybridized carbons (Fsp3) is 0.200.